The predicted molar refractivity (Wildman–Crippen MR) is 104 cm³/mol. The number of nitrogens with zero attached hydrogens (tertiary/aromatic N) is 2. The highest BCUT2D eigenvalue weighted by atomic mass is 32.1. The minimum absolute atomic E-state index is 0.0175. The largest absolute Gasteiger partial charge is 0.481 e. The van der Waals surface area contributed by atoms with Crippen molar-refractivity contribution in [2.24, 2.45) is 4.99 Å². The molecule has 0 atom stereocenters. The van der Waals surface area contributed by atoms with Crippen molar-refractivity contribution < 1.29 is 23.5 Å². The number of aromatic nitrogens is 1. The second kappa shape index (κ2) is 8.35. The molecule has 2 aromatic carbocycles. The van der Waals surface area contributed by atoms with Gasteiger partial charge in [-0.2, -0.15) is 4.99 Å². The highest BCUT2D eigenvalue weighted by Gasteiger charge is 2.13. The Hall–Kier alpha value is -3.00. The molecular formula is C20H19FN2O4S. The molecule has 0 aliphatic carbocycles. The van der Waals surface area contributed by atoms with Gasteiger partial charge in [-0.25, -0.2) is 4.39 Å². The minimum Gasteiger partial charge on any atom is -0.481 e. The van der Waals surface area contributed by atoms with E-state index in [0.29, 0.717) is 4.80 Å². The Labute approximate surface area is 164 Å². The third-order valence-corrected chi connectivity index (χ3v) is 5.26. The van der Waals surface area contributed by atoms with Crippen LogP contribution < -0.4 is 9.54 Å². The lowest BCUT2D eigenvalue weighted by Crippen LogP contribution is -2.23. The molecule has 0 fully saturated rings. The molecule has 0 bridgehead atoms. The van der Waals surface area contributed by atoms with E-state index < -0.39 is 24.3 Å². The Balaban J connectivity index is 1.95. The van der Waals surface area contributed by atoms with E-state index >= 15 is 0 Å². The molecule has 6 nitrogen and oxygen atoms in total. The highest BCUT2D eigenvalue weighted by Crippen LogP contribution is 2.22. The van der Waals surface area contributed by atoms with Gasteiger partial charge in [-0.05, 0) is 49.2 Å². The number of halogens is 1. The number of rotatable bonds is 5. The van der Waals surface area contributed by atoms with E-state index in [4.69, 9.17) is 9.47 Å². The van der Waals surface area contributed by atoms with Crippen molar-refractivity contribution in [2.45, 2.75) is 20.4 Å². The van der Waals surface area contributed by atoms with Crippen LogP contribution in [0.5, 0.6) is 5.75 Å². The number of aryl methyl sites for hydroxylation is 2. The summed E-state index contributed by atoms with van der Waals surface area (Å²) < 4.78 is 26.1. The van der Waals surface area contributed by atoms with Crippen molar-refractivity contribution in [3.05, 3.63) is 58.1 Å². The van der Waals surface area contributed by atoms with E-state index in [9.17, 15) is 14.0 Å². The van der Waals surface area contributed by atoms with Crippen LogP contribution in [0.1, 0.15) is 11.1 Å². The first-order valence-corrected chi connectivity index (χ1v) is 9.33. The number of carbonyl (C=O) groups excluding carboxylic acids is 2. The van der Waals surface area contributed by atoms with Crippen molar-refractivity contribution in [1.29, 1.82) is 0 Å². The van der Waals surface area contributed by atoms with Gasteiger partial charge >= 0.3 is 5.97 Å². The van der Waals surface area contributed by atoms with Crippen LogP contribution in [-0.4, -0.2) is 30.2 Å². The first-order chi connectivity index (χ1) is 13.4. The standard InChI is InChI=1S/C20H19FN2O4S/c1-12-8-15-17(9-13(12)2)28-20(23(15)10-19(25)26-3)22-18(24)11-27-16-7-5-4-6-14(16)21/h4-9H,10-11H2,1-3H3. The van der Waals surface area contributed by atoms with Crippen molar-refractivity contribution in [3.63, 3.8) is 0 Å². The first-order valence-electron chi connectivity index (χ1n) is 8.51. The number of para-hydroxylation sites is 1. The summed E-state index contributed by atoms with van der Waals surface area (Å²) in [5.74, 6) is -1.60. The van der Waals surface area contributed by atoms with E-state index in [1.807, 2.05) is 26.0 Å². The summed E-state index contributed by atoms with van der Waals surface area (Å²) in [5.41, 5.74) is 2.95. The van der Waals surface area contributed by atoms with Crippen molar-refractivity contribution >= 4 is 33.4 Å². The molecular weight excluding hydrogens is 383 g/mol. The number of hydrogen-bond acceptors (Lipinski definition) is 5. The normalized spacial score (nSPS) is 11.6. The van der Waals surface area contributed by atoms with Gasteiger partial charge in [-0.3, -0.25) is 9.59 Å². The molecule has 0 aliphatic heterocycles. The van der Waals surface area contributed by atoms with E-state index in [2.05, 4.69) is 4.99 Å². The summed E-state index contributed by atoms with van der Waals surface area (Å²) in [5, 5.41) is 0. The van der Waals surface area contributed by atoms with Gasteiger partial charge in [0, 0.05) is 0 Å². The zero-order valence-corrected chi connectivity index (χ0v) is 16.5. The molecule has 0 spiro atoms. The molecule has 1 heterocycles. The van der Waals surface area contributed by atoms with Gasteiger partial charge in [0.15, 0.2) is 23.0 Å². The molecule has 0 saturated carbocycles. The quantitative estimate of drug-likeness (QED) is 0.615. The summed E-state index contributed by atoms with van der Waals surface area (Å²) in [7, 11) is 1.30. The molecule has 1 amide bonds. The maximum absolute atomic E-state index is 13.6. The third kappa shape index (κ3) is 4.28. The monoisotopic (exact) mass is 402 g/mol. The van der Waals surface area contributed by atoms with E-state index in [-0.39, 0.29) is 12.3 Å². The number of esters is 1. The third-order valence-electron chi connectivity index (χ3n) is 4.22. The van der Waals surface area contributed by atoms with E-state index in [1.165, 1.54) is 36.6 Å². The fraction of sp³-hybridized carbons (Fsp3) is 0.250. The Kier molecular flexibility index (Phi) is 5.89. The van der Waals surface area contributed by atoms with E-state index in [1.54, 1.807) is 10.6 Å². The van der Waals surface area contributed by atoms with Crippen molar-refractivity contribution in [1.82, 2.24) is 4.57 Å². The topological polar surface area (TPSA) is 69.9 Å². The summed E-state index contributed by atoms with van der Waals surface area (Å²) in [4.78, 5) is 28.5. The molecule has 0 unspecified atom stereocenters. The number of ether oxygens (including phenoxy) is 2. The van der Waals surface area contributed by atoms with Crippen LogP contribution in [-0.2, 0) is 20.9 Å². The Bertz CT molecular complexity index is 1120. The first kappa shape index (κ1) is 19.8. The number of thiazole rings is 1. The van der Waals surface area contributed by atoms with Crippen LogP contribution >= 0.6 is 11.3 Å². The van der Waals surface area contributed by atoms with Crippen LogP contribution in [0.25, 0.3) is 10.2 Å². The number of methoxy groups -OCH3 is 1. The van der Waals surface area contributed by atoms with Crippen molar-refractivity contribution in [2.75, 3.05) is 13.7 Å². The van der Waals surface area contributed by atoms with Crippen LogP contribution in [0.4, 0.5) is 4.39 Å². The van der Waals surface area contributed by atoms with Gasteiger partial charge in [0.2, 0.25) is 0 Å². The number of fused-ring (bicyclic) bond motifs is 1. The molecule has 3 aromatic rings. The average Bonchev–Trinajstić information content (AvgIpc) is 2.97. The van der Waals surface area contributed by atoms with Crippen molar-refractivity contribution in [3.8, 4) is 5.75 Å². The Morgan fingerprint density at radius 1 is 1.18 bits per heavy atom. The fourth-order valence-electron chi connectivity index (χ4n) is 2.59. The van der Waals surface area contributed by atoms with Gasteiger partial charge in [0.25, 0.3) is 5.91 Å². The Morgan fingerprint density at radius 3 is 2.61 bits per heavy atom. The number of carbonyl (C=O) groups is 2. The molecule has 146 valence electrons. The average molecular weight is 402 g/mol. The molecule has 0 N–H and O–H groups in total. The van der Waals surface area contributed by atoms with Crippen LogP contribution in [0.3, 0.4) is 0 Å². The zero-order chi connectivity index (χ0) is 20.3. The second-order valence-corrected chi connectivity index (χ2v) is 7.18. The molecule has 0 saturated heterocycles. The predicted octanol–water partition coefficient (Wildman–Crippen LogP) is 3.14. The molecule has 28 heavy (non-hydrogen) atoms. The summed E-state index contributed by atoms with van der Waals surface area (Å²) in [6.07, 6.45) is 0. The lowest BCUT2D eigenvalue weighted by Gasteiger charge is -2.06. The minimum atomic E-state index is -0.582. The summed E-state index contributed by atoms with van der Waals surface area (Å²) in [6, 6.07) is 9.77. The van der Waals surface area contributed by atoms with Gasteiger partial charge in [-0.15, -0.1) is 0 Å². The van der Waals surface area contributed by atoms with Crippen LogP contribution in [0, 0.1) is 19.7 Å². The lowest BCUT2D eigenvalue weighted by atomic mass is 10.1. The second-order valence-electron chi connectivity index (χ2n) is 6.18. The van der Waals surface area contributed by atoms with Gasteiger partial charge in [0.1, 0.15) is 6.54 Å². The van der Waals surface area contributed by atoms with Gasteiger partial charge < -0.3 is 14.0 Å². The molecule has 8 heteroatoms. The fourth-order valence-corrected chi connectivity index (χ4v) is 3.72. The smallest absolute Gasteiger partial charge is 0.325 e. The van der Waals surface area contributed by atoms with E-state index in [0.717, 1.165) is 21.3 Å². The summed E-state index contributed by atoms with van der Waals surface area (Å²) in [6.45, 7) is 3.48. The summed E-state index contributed by atoms with van der Waals surface area (Å²) >= 11 is 1.29. The van der Waals surface area contributed by atoms with Gasteiger partial charge in [0.05, 0.1) is 17.3 Å². The van der Waals surface area contributed by atoms with Crippen LogP contribution in [0.2, 0.25) is 0 Å². The number of amides is 1. The lowest BCUT2D eigenvalue weighted by molar-refractivity contribution is -0.141. The number of hydrogen-bond donors (Lipinski definition) is 0. The SMILES string of the molecule is COC(=O)Cn1c(=NC(=O)COc2ccccc2F)sc2cc(C)c(C)cc21. The molecule has 3 rings (SSSR count). The maximum Gasteiger partial charge on any atom is 0.325 e. The highest BCUT2D eigenvalue weighted by molar-refractivity contribution is 7.16. The van der Waals surface area contributed by atoms with Crippen LogP contribution in [0.15, 0.2) is 41.4 Å². The molecule has 0 radical (unpaired) electrons. The Morgan fingerprint density at radius 2 is 1.89 bits per heavy atom. The molecule has 1 aromatic heterocycles. The maximum atomic E-state index is 13.6. The van der Waals surface area contributed by atoms with Gasteiger partial charge in [-0.1, -0.05) is 23.5 Å². The molecule has 0 aliphatic rings. The zero-order valence-electron chi connectivity index (χ0n) is 15.7. The number of benzene rings is 2.